The number of fused-ring (bicyclic) bond motifs is 1. The number of anilines is 3. The van der Waals surface area contributed by atoms with Crippen molar-refractivity contribution in [2.24, 2.45) is 0 Å². The van der Waals surface area contributed by atoms with Gasteiger partial charge in [-0.15, -0.1) is 0 Å². The Kier molecular flexibility index (Phi) is 6.62. The van der Waals surface area contributed by atoms with Crippen molar-refractivity contribution in [3.05, 3.63) is 41.2 Å². The first-order valence-corrected chi connectivity index (χ1v) is 13.6. The molecule has 5 rings (SSSR count). The van der Waals surface area contributed by atoms with Crippen LogP contribution in [0.1, 0.15) is 18.4 Å². The molecule has 0 aliphatic carbocycles. The number of hydrogen-bond donors (Lipinski definition) is 3. The number of aliphatic carboxylic acids is 1. The molecule has 1 aromatic carbocycles. The van der Waals surface area contributed by atoms with Gasteiger partial charge < -0.3 is 20.6 Å². The van der Waals surface area contributed by atoms with Crippen molar-refractivity contribution >= 4 is 72.4 Å². The number of likely N-dealkylation sites (tertiary alicyclic amines) is 1. The summed E-state index contributed by atoms with van der Waals surface area (Å²) in [5, 5.41) is 12.7. The average Bonchev–Trinajstić information content (AvgIpc) is 3.39. The standard InChI is InChI=1S/C22H23ClN6O5S2/c23-15-10-14-12(2-4-25-19(14)24)8-13(15)9-17(21(31)32)28-7-3-16(20(28)30)29(36(33)34)18-11-26-22(35-18)27-5-1-6-27/h2,4,8,10-11,16-17,36H,1,3,5-7,9H2,(H2,24,25)(H,31,32)/t16-,17+/m0/s1. The third-order valence-corrected chi connectivity index (χ3v) is 8.94. The summed E-state index contributed by atoms with van der Waals surface area (Å²) in [4.78, 5) is 37.2. The zero-order valence-corrected chi connectivity index (χ0v) is 21.4. The summed E-state index contributed by atoms with van der Waals surface area (Å²) in [7, 11) is -3.15. The van der Waals surface area contributed by atoms with Gasteiger partial charge in [-0.25, -0.2) is 27.5 Å². The Morgan fingerprint density at radius 2 is 2.08 bits per heavy atom. The number of thiol groups is 1. The number of carboxylic acids is 1. The van der Waals surface area contributed by atoms with Crippen LogP contribution < -0.4 is 14.9 Å². The number of amides is 1. The van der Waals surface area contributed by atoms with Gasteiger partial charge in [0.1, 0.15) is 22.9 Å². The second kappa shape index (κ2) is 9.71. The zero-order valence-electron chi connectivity index (χ0n) is 18.9. The van der Waals surface area contributed by atoms with Gasteiger partial charge in [0.25, 0.3) is 0 Å². The number of pyridine rings is 1. The summed E-state index contributed by atoms with van der Waals surface area (Å²) < 4.78 is 25.4. The van der Waals surface area contributed by atoms with Gasteiger partial charge in [-0.05, 0) is 42.0 Å². The van der Waals surface area contributed by atoms with Crippen LogP contribution in [0.15, 0.2) is 30.6 Å². The molecule has 2 aromatic heterocycles. The minimum Gasteiger partial charge on any atom is -0.480 e. The molecule has 11 nitrogen and oxygen atoms in total. The quantitative estimate of drug-likeness (QED) is 0.356. The Balaban J connectivity index is 1.40. The highest BCUT2D eigenvalue weighted by molar-refractivity contribution is 7.74. The summed E-state index contributed by atoms with van der Waals surface area (Å²) in [6.07, 6.45) is 4.16. The van der Waals surface area contributed by atoms with E-state index in [2.05, 4.69) is 9.97 Å². The van der Waals surface area contributed by atoms with Crippen LogP contribution in [0.5, 0.6) is 0 Å². The van der Waals surface area contributed by atoms with Gasteiger partial charge in [0.2, 0.25) is 16.8 Å². The number of thiazole rings is 1. The fourth-order valence-electron chi connectivity index (χ4n) is 4.55. The predicted octanol–water partition coefficient (Wildman–Crippen LogP) is 1.77. The van der Waals surface area contributed by atoms with Crippen LogP contribution in [-0.2, 0) is 26.9 Å². The van der Waals surface area contributed by atoms with E-state index in [0.717, 1.165) is 29.2 Å². The van der Waals surface area contributed by atoms with E-state index < -0.39 is 34.9 Å². The van der Waals surface area contributed by atoms with Crippen molar-refractivity contribution in [3.63, 3.8) is 0 Å². The Bertz CT molecular complexity index is 1420. The maximum Gasteiger partial charge on any atom is 0.326 e. The van der Waals surface area contributed by atoms with Crippen LogP contribution >= 0.6 is 22.9 Å². The van der Waals surface area contributed by atoms with Gasteiger partial charge in [0.15, 0.2) is 5.13 Å². The van der Waals surface area contributed by atoms with Crippen molar-refractivity contribution < 1.29 is 23.1 Å². The number of nitrogens with zero attached hydrogens (tertiary/aromatic N) is 5. The van der Waals surface area contributed by atoms with Gasteiger partial charge >= 0.3 is 5.97 Å². The molecule has 36 heavy (non-hydrogen) atoms. The molecule has 14 heteroatoms. The van der Waals surface area contributed by atoms with Crippen LogP contribution in [0, 0.1) is 0 Å². The summed E-state index contributed by atoms with van der Waals surface area (Å²) in [6.45, 7) is 1.81. The highest BCUT2D eigenvalue weighted by atomic mass is 35.5. The summed E-state index contributed by atoms with van der Waals surface area (Å²) in [5.41, 5.74) is 6.44. The second-order valence-electron chi connectivity index (χ2n) is 8.66. The molecule has 2 aliphatic heterocycles. The maximum atomic E-state index is 13.4. The summed E-state index contributed by atoms with van der Waals surface area (Å²) >= 11 is 7.64. The van der Waals surface area contributed by atoms with Gasteiger partial charge in [-0.3, -0.25) is 4.79 Å². The number of halogens is 1. The fraction of sp³-hybridized carbons (Fsp3) is 0.364. The molecule has 4 heterocycles. The number of benzene rings is 1. The van der Waals surface area contributed by atoms with Gasteiger partial charge in [-0.2, -0.15) is 0 Å². The molecule has 2 atom stereocenters. The lowest BCUT2D eigenvalue weighted by Gasteiger charge is -2.30. The topological polar surface area (TPSA) is 150 Å². The zero-order chi connectivity index (χ0) is 25.6. The number of hydrogen-bond acceptors (Lipinski definition) is 9. The maximum absolute atomic E-state index is 13.4. The average molecular weight is 551 g/mol. The molecule has 0 spiro atoms. The molecule has 2 saturated heterocycles. The summed E-state index contributed by atoms with van der Waals surface area (Å²) in [5.74, 6) is -1.46. The summed E-state index contributed by atoms with van der Waals surface area (Å²) in [6, 6.07) is 2.85. The minimum atomic E-state index is -3.15. The molecular weight excluding hydrogens is 528 g/mol. The molecular formula is C22H23ClN6O5S2. The third-order valence-electron chi connectivity index (χ3n) is 6.55. The minimum absolute atomic E-state index is 0.0476. The SMILES string of the molecule is Nc1nccc2cc(C[C@H](C(=O)O)N3CC[C@H](N(c4cnc(N5CCC5)s4)[SH](=O)=O)C3=O)c(Cl)cc12. The Morgan fingerprint density at radius 3 is 2.75 bits per heavy atom. The van der Waals surface area contributed by atoms with Crippen LogP contribution in [-0.4, -0.2) is 72.0 Å². The normalized spacial score (nSPS) is 18.6. The van der Waals surface area contributed by atoms with Gasteiger partial charge in [0, 0.05) is 42.7 Å². The molecule has 2 fully saturated rings. The molecule has 0 unspecified atom stereocenters. The molecule has 0 bridgehead atoms. The molecule has 0 saturated carbocycles. The van der Waals surface area contributed by atoms with Crippen molar-refractivity contribution in [2.75, 3.05) is 34.6 Å². The van der Waals surface area contributed by atoms with E-state index in [1.807, 2.05) is 4.90 Å². The Morgan fingerprint density at radius 1 is 1.31 bits per heavy atom. The first-order chi connectivity index (χ1) is 17.2. The highest BCUT2D eigenvalue weighted by Crippen LogP contribution is 2.36. The smallest absolute Gasteiger partial charge is 0.326 e. The van der Waals surface area contributed by atoms with E-state index in [1.165, 1.54) is 22.4 Å². The number of carbonyl (C=O) groups excluding carboxylic acids is 1. The fourth-order valence-corrected chi connectivity index (χ4v) is 6.69. The first-order valence-electron chi connectivity index (χ1n) is 11.2. The van der Waals surface area contributed by atoms with Crippen LogP contribution in [0.2, 0.25) is 5.02 Å². The van der Waals surface area contributed by atoms with Crippen LogP contribution in [0.3, 0.4) is 0 Å². The van der Waals surface area contributed by atoms with Crippen LogP contribution in [0.4, 0.5) is 16.0 Å². The van der Waals surface area contributed by atoms with E-state index in [9.17, 15) is 23.1 Å². The molecule has 2 aliphatic rings. The number of nitrogens with two attached hydrogens (primary N) is 1. The van der Waals surface area contributed by atoms with E-state index in [4.69, 9.17) is 17.3 Å². The Labute approximate surface area is 217 Å². The molecule has 3 aromatic rings. The van der Waals surface area contributed by atoms with E-state index in [0.29, 0.717) is 31.9 Å². The molecule has 0 radical (unpaired) electrons. The Hall–Kier alpha value is -3.16. The van der Waals surface area contributed by atoms with Gasteiger partial charge in [0.05, 0.1) is 6.20 Å². The number of nitrogen functional groups attached to an aromatic ring is 1. The second-order valence-corrected chi connectivity index (χ2v) is 11.0. The lowest BCUT2D eigenvalue weighted by molar-refractivity contribution is -0.148. The molecule has 3 N–H and O–H groups in total. The van der Waals surface area contributed by atoms with Gasteiger partial charge in [-0.1, -0.05) is 22.9 Å². The molecule has 1 amide bonds. The van der Waals surface area contributed by atoms with Crippen LogP contribution in [0.25, 0.3) is 10.8 Å². The largest absolute Gasteiger partial charge is 0.480 e. The lowest BCUT2D eigenvalue weighted by atomic mass is 10.0. The number of carboxylic acid groups (broad SMARTS) is 1. The number of rotatable bonds is 8. The van der Waals surface area contributed by atoms with Crippen molar-refractivity contribution in [1.29, 1.82) is 0 Å². The van der Waals surface area contributed by atoms with Crippen molar-refractivity contribution in [1.82, 2.24) is 14.9 Å². The van der Waals surface area contributed by atoms with E-state index >= 15 is 0 Å². The van der Waals surface area contributed by atoms with E-state index in [1.54, 1.807) is 24.4 Å². The predicted molar refractivity (Wildman–Crippen MR) is 138 cm³/mol. The first kappa shape index (κ1) is 24.5. The number of carbonyl (C=O) groups is 2. The van der Waals surface area contributed by atoms with Crippen molar-refractivity contribution in [2.45, 2.75) is 31.3 Å². The monoisotopic (exact) mass is 550 g/mol. The van der Waals surface area contributed by atoms with Crippen molar-refractivity contribution in [3.8, 4) is 0 Å². The number of aromatic nitrogens is 2. The van der Waals surface area contributed by atoms with E-state index in [-0.39, 0.29) is 19.4 Å². The third kappa shape index (κ3) is 4.42. The lowest BCUT2D eigenvalue weighted by Crippen LogP contribution is -2.48. The molecule has 190 valence electrons. The highest BCUT2D eigenvalue weighted by Gasteiger charge is 2.43.